The molecule has 0 aromatic carbocycles. The van der Waals surface area contributed by atoms with Crippen molar-refractivity contribution in [1.82, 2.24) is 5.32 Å². The van der Waals surface area contributed by atoms with Crippen LogP contribution in [0.25, 0.3) is 0 Å². The second-order valence-corrected chi connectivity index (χ2v) is 4.63. The van der Waals surface area contributed by atoms with E-state index >= 15 is 0 Å². The van der Waals surface area contributed by atoms with Crippen molar-refractivity contribution in [3.8, 4) is 0 Å². The third kappa shape index (κ3) is 4.07. The van der Waals surface area contributed by atoms with Crippen molar-refractivity contribution in [2.75, 3.05) is 26.4 Å². The molecule has 0 amide bonds. The van der Waals surface area contributed by atoms with Crippen LogP contribution in [-0.2, 0) is 0 Å². The first kappa shape index (κ1) is 14.8. The molecule has 0 fully saturated rings. The smallest absolute Gasteiger partial charge is 0.0645 e. The van der Waals surface area contributed by atoms with Crippen LogP contribution in [-0.4, -0.2) is 47.2 Å². The maximum atomic E-state index is 9.24. The Bertz CT molecular complexity index is 157. The van der Waals surface area contributed by atoms with E-state index in [9.17, 15) is 15.3 Å². The normalized spacial score (nSPS) is 16.4. The maximum Gasteiger partial charge on any atom is 0.0645 e. The van der Waals surface area contributed by atoms with Crippen LogP contribution < -0.4 is 5.32 Å². The highest BCUT2D eigenvalue weighted by Crippen LogP contribution is 2.20. The fraction of sp³-hybridized carbons (Fsp3) is 1.00. The molecule has 1 unspecified atom stereocenters. The molecule has 4 nitrogen and oxygen atoms in total. The summed E-state index contributed by atoms with van der Waals surface area (Å²) in [7, 11) is 0. The molecule has 1 atom stereocenters. The van der Waals surface area contributed by atoms with Gasteiger partial charge in [0.1, 0.15) is 0 Å². The lowest BCUT2D eigenvalue weighted by atomic mass is 9.86. The summed E-state index contributed by atoms with van der Waals surface area (Å²) in [6.07, 6.45) is 1.51. The summed E-state index contributed by atoms with van der Waals surface area (Å²) in [5.74, 6) is 0. The van der Waals surface area contributed by atoms with E-state index < -0.39 is 5.54 Å². The van der Waals surface area contributed by atoms with Crippen LogP contribution >= 0.6 is 0 Å². The molecule has 0 aliphatic rings. The highest BCUT2D eigenvalue weighted by molar-refractivity contribution is 4.88. The van der Waals surface area contributed by atoms with E-state index in [4.69, 9.17) is 0 Å². The molecule has 0 heterocycles. The monoisotopic (exact) mass is 219 g/mol. The van der Waals surface area contributed by atoms with E-state index in [1.54, 1.807) is 0 Å². The highest BCUT2D eigenvalue weighted by Gasteiger charge is 2.30. The van der Waals surface area contributed by atoms with Gasteiger partial charge in [-0.1, -0.05) is 20.8 Å². The predicted octanol–water partition coefficient (Wildman–Crippen LogP) is 0.118. The SMILES string of the molecule is CCC(C)(CO)CNC(CC)(CO)CO. The van der Waals surface area contributed by atoms with Gasteiger partial charge >= 0.3 is 0 Å². The molecular weight excluding hydrogens is 194 g/mol. The molecule has 4 N–H and O–H groups in total. The third-order valence-electron chi connectivity index (χ3n) is 3.41. The lowest BCUT2D eigenvalue weighted by molar-refractivity contribution is 0.0622. The summed E-state index contributed by atoms with van der Waals surface area (Å²) in [5.41, 5.74) is -0.809. The molecule has 0 aliphatic heterocycles. The van der Waals surface area contributed by atoms with Gasteiger partial charge in [-0.25, -0.2) is 0 Å². The van der Waals surface area contributed by atoms with Crippen molar-refractivity contribution < 1.29 is 15.3 Å². The minimum Gasteiger partial charge on any atom is -0.396 e. The van der Waals surface area contributed by atoms with Gasteiger partial charge in [-0.2, -0.15) is 0 Å². The lowest BCUT2D eigenvalue weighted by Crippen LogP contribution is -2.54. The molecule has 0 rings (SSSR count). The van der Waals surface area contributed by atoms with E-state index in [1.807, 2.05) is 20.8 Å². The van der Waals surface area contributed by atoms with Crippen LogP contribution in [0.2, 0.25) is 0 Å². The summed E-state index contributed by atoms with van der Waals surface area (Å²) in [6, 6.07) is 0. The maximum absolute atomic E-state index is 9.24. The van der Waals surface area contributed by atoms with Crippen molar-refractivity contribution in [2.24, 2.45) is 5.41 Å². The first-order chi connectivity index (χ1) is 7.01. The van der Waals surface area contributed by atoms with Crippen molar-refractivity contribution >= 4 is 0 Å². The van der Waals surface area contributed by atoms with Crippen LogP contribution in [0.15, 0.2) is 0 Å². The minimum absolute atomic E-state index is 0.0920. The lowest BCUT2D eigenvalue weighted by Gasteiger charge is -2.35. The fourth-order valence-electron chi connectivity index (χ4n) is 1.20. The molecule has 0 spiro atoms. The van der Waals surface area contributed by atoms with Gasteiger partial charge in [0.15, 0.2) is 0 Å². The van der Waals surface area contributed by atoms with Crippen molar-refractivity contribution in [3.05, 3.63) is 0 Å². The summed E-state index contributed by atoms with van der Waals surface area (Å²) in [4.78, 5) is 0. The first-order valence-electron chi connectivity index (χ1n) is 5.59. The number of aliphatic hydroxyl groups is 3. The molecule has 0 aromatic heterocycles. The number of hydrogen-bond donors (Lipinski definition) is 4. The molecule has 0 bridgehead atoms. The molecule has 15 heavy (non-hydrogen) atoms. The summed E-state index contributed by atoms with van der Waals surface area (Å²) < 4.78 is 0. The Morgan fingerprint density at radius 1 is 0.933 bits per heavy atom. The van der Waals surface area contributed by atoms with Gasteiger partial charge < -0.3 is 20.6 Å². The first-order valence-corrected chi connectivity index (χ1v) is 5.59. The van der Waals surface area contributed by atoms with Crippen LogP contribution in [0, 0.1) is 5.41 Å². The quantitative estimate of drug-likeness (QED) is 0.468. The fourth-order valence-corrected chi connectivity index (χ4v) is 1.20. The van der Waals surface area contributed by atoms with Gasteiger partial charge in [0, 0.05) is 18.6 Å². The Labute approximate surface area is 92.3 Å². The van der Waals surface area contributed by atoms with Crippen molar-refractivity contribution in [2.45, 2.75) is 39.2 Å². The minimum atomic E-state index is -0.619. The van der Waals surface area contributed by atoms with Crippen LogP contribution in [0.3, 0.4) is 0 Å². The molecular formula is C11H25NO3. The molecule has 0 aliphatic carbocycles. The van der Waals surface area contributed by atoms with E-state index in [1.165, 1.54) is 0 Å². The zero-order chi connectivity index (χ0) is 11.9. The topological polar surface area (TPSA) is 72.7 Å². The highest BCUT2D eigenvalue weighted by atomic mass is 16.3. The summed E-state index contributed by atoms with van der Waals surface area (Å²) in [6.45, 7) is 6.43. The molecule has 92 valence electrons. The number of aliphatic hydroxyl groups excluding tert-OH is 3. The average molecular weight is 219 g/mol. The van der Waals surface area contributed by atoms with E-state index in [2.05, 4.69) is 5.32 Å². The Hall–Kier alpha value is -0.160. The van der Waals surface area contributed by atoms with E-state index in [-0.39, 0.29) is 25.2 Å². The number of hydrogen-bond acceptors (Lipinski definition) is 4. The zero-order valence-corrected chi connectivity index (χ0v) is 10.1. The molecule has 0 saturated carbocycles. The Morgan fingerprint density at radius 3 is 1.73 bits per heavy atom. The third-order valence-corrected chi connectivity index (χ3v) is 3.41. The second-order valence-electron chi connectivity index (χ2n) is 4.63. The Balaban J connectivity index is 4.32. The summed E-state index contributed by atoms with van der Waals surface area (Å²) in [5, 5.41) is 30.9. The van der Waals surface area contributed by atoms with Gasteiger partial charge in [-0.15, -0.1) is 0 Å². The van der Waals surface area contributed by atoms with Crippen LogP contribution in [0.1, 0.15) is 33.6 Å². The molecule has 0 saturated heterocycles. The average Bonchev–Trinajstić information content (AvgIpc) is 2.31. The molecule has 4 heteroatoms. The zero-order valence-electron chi connectivity index (χ0n) is 10.1. The van der Waals surface area contributed by atoms with Crippen LogP contribution in [0.4, 0.5) is 0 Å². The summed E-state index contributed by atoms with van der Waals surface area (Å²) >= 11 is 0. The van der Waals surface area contributed by atoms with Gasteiger partial charge in [-0.3, -0.25) is 0 Å². The molecule has 0 aromatic rings. The predicted molar refractivity (Wildman–Crippen MR) is 60.7 cm³/mol. The van der Waals surface area contributed by atoms with Gasteiger partial charge in [0.2, 0.25) is 0 Å². The standard InChI is InChI=1S/C11H25NO3/c1-4-10(3,7-13)6-12-11(5-2,8-14)9-15/h12-15H,4-9H2,1-3H3. The van der Waals surface area contributed by atoms with E-state index in [0.29, 0.717) is 13.0 Å². The number of rotatable bonds is 8. The van der Waals surface area contributed by atoms with Gasteiger partial charge in [0.05, 0.1) is 18.8 Å². The number of nitrogens with one attached hydrogen (secondary N) is 1. The van der Waals surface area contributed by atoms with Gasteiger partial charge in [0.25, 0.3) is 0 Å². The van der Waals surface area contributed by atoms with Crippen LogP contribution in [0.5, 0.6) is 0 Å². The van der Waals surface area contributed by atoms with Crippen molar-refractivity contribution in [1.29, 1.82) is 0 Å². The Kier molecular flexibility index (Phi) is 6.36. The Morgan fingerprint density at radius 2 is 1.47 bits per heavy atom. The largest absolute Gasteiger partial charge is 0.396 e. The second kappa shape index (κ2) is 6.43. The van der Waals surface area contributed by atoms with Crippen molar-refractivity contribution in [3.63, 3.8) is 0 Å². The molecule has 0 radical (unpaired) electrons. The van der Waals surface area contributed by atoms with E-state index in [0.717, 1.165) is 6.42 Å². The van der Waals surface area contributed by atoms with Gasteiger partial charge in [-0.05, 0) is 12.8 Å².